The first kappa shape index (κ1) is 22.4. The Bertz CT molecular complexity index is 1360. The molecule has 0 saturated carbocycles. The van der Waals surface area contributed by atoms with Crippen LogP contribution >= 0.6 is 11.6 Å². The van der Waals surface area contributed by atoms with E-state index in [2.05, 4.69) is 10.6 Å². The van der Waals surface area contributed by atoms with Crippen LogP contribution in [0.4, 0.5) is 4.39 Å². The van der Waals surface area contributed by atoms with Crippen LogP contribution in [0.25, 0.3) is 17.3 Å². The van der Waals surface area contributed by atoms with Gasteiger partial charge in [-0.25, -0.2) is 4.39 Å². The summed E-state index contributed by atoms with van der Waals surface area (Å²) in [6.07, 6.45) is 1.80. The summed E-state index contributed by atoms with van der Waals surface area (Å²) in [6.45, 7) is 4.41. The number of hydrogen-bond donors (Lipinski definition) is 0. The Balaban J connectivity index is 1.58. The maximum absolute atomic E-state index is 13.6. The summed E-state index contributed by atoms with van der Waals surface area (Å²) < 4.78 is 21.6. The molecule has 33 heavy (non-hydrogen) atoms. The molecule has 0 unspecified atom stereocenters. The van der Waals surface area contributed by atoms with Crippen LogP contribution in [0.5, 0.6) is 5.75 Å². The minimum absolute atomic E-state index is 0.365. The van der Waals surface area contributed by atoms with Gasteiger partial charge in [-0.3, -0.25) is 0 Å². The maximum atomic E-state index is 13.6. The van der Waals surface area contributed by atoms with Crippen molar-refractivity contribution in [2.45, 2.75) is 20.5 Å². The number of hydrogen-bond acceptors (Lipinski definition) is 2. The summed E-state index contributed by atoms with van der Waals surface area (Å²) in [6, 6.07) is 25.7. The van der Waals surface area contributed by atoms with E-state index in [1.165, 1.54) is 12.1 Å². The number of rotatable bonds is 6. The smallest absolute Gasteiger partial charge is 0.123 e. The van der Waals surface area contributed by atoms with E-state index in [0.717, 1.165) is 34.0 Å². The minimum atomic E-state index is -0.365. The standard InChI is InChI=1S/C28H22ClFN2O/c1-19-14-23(15-24(17-31)21-7-5-8-25(30)16-21)20(2)32(19)26-10-12-27(13-11-26)33-18-22-6-3-4-9-28(22)29/h3-16H,18H2,1-2H3/b24-15-. The Morgan fingerprint density at radius 1 is 1.03 bits per heavy atom. The summed E-state index contributed by atoms with van der Waals surface area (Å²) in [4.78, 5) is 0. The first-order valence-electron chi connectivity index (χ1n) is 10.5. The molecular formula is C28H22ClFN2O. The second-order valence-corrected chi connectivity index (χ2v) is 8.12. The molecule has 0 aliphatic rings. The molecule has 0 atom stereocenters. The monoisotopic (exact) mass is 456 g/mol. The van der Waals surface area contributed by atoms with E-state index in [-0.39, 0.29) is 5.82 Å². The van der Waals surface area contributed by atoms with Crippen LogP contribution in [0, 0.1) is 31.0 Å². The van der Waals surface area contributed by atoms with Crippen molar-refractivity contribution in [2.24, 2.45) is 0 Å². The number of nitrogens with zero attached hydrogens (tertiary/aromatic N) is 2. The summed E-state index contributed by atoms with van der Waals surface area (Å²) >= 11 is 6.20. The summed E-state index contributed by atoms with van der Waals surface area (Å²) in [5.41, 5.74) is 5.82. The number of allylic oxidation sites excluding steroid dienone is 1. The highest BCUT2D eigenvalue weighted by atomic mass is 35.5. The van der Waals surface area contributed by atoms with Crippen molar-refractivity contribution in [2.75, 3.05) is 0 Å². The third-order valence-corrected chi connectivity index (χ3v) is 5.84. The van der Waals surface area contributed by atoms with Gasteiger partial charge in [-0.1, -0.05) is 41.9 Å². The van der Waals surface area contributed by atoms with Crippen molar-refractivity contribution < 1.29 is 9.13 Å². The number of aryl methyl sites for hydroxylation is 1. The Morgan fingerprint density at radius 3 is 2.48 bits per heavy atom. The molecule has 0 fully saturated rings. The molecule has 4 aromatic rings. The van der Waals surface area contributed by atoms with Gasteiger partial charge in [0.2, 0.25) is 0 Å². The van der Waals surface area contributed by atoms with Gasteiger partial charge in [0.05, 0.1) is 11.6 Å². The average molecular weight is 457 g/mol. The van der Waals surface area contributed by atoms with Gasteiger partial charge in [0, 0.05) is 27.7 Å². The number of aromatic nitrogens is 1. The van der Waals surface area contributed by atoms with Crippen LogP contribution < -0.4 is 4.74 Å². The third kappa shape index (κ3) is 5.00. The summed E-state index contributed by atoms with van der Waals surface area (Å²) in [5, 5.41) is 10.3. The van der Waals surface area contributed by atoms with E-state index in [1.807, 2.05) is 68.4 Å². The van der Waals surface area contributed by atoms with Crippen molar-refractivity contribution in [3.05, 3.63) is 118 Å². The SMILES string of the molecule is Cc1cc(/C=C(/C#N)c2cccc(F)c2)c(C)n1-c1ccc(OCc2ccccc2Cl)cc1. The fourth-order valence-corrected chi connectivity index (χ4v) is 3.98. The van der Waals surface area contributed by atoms with Crippen molar-refractivity contribution >= 4 is 23.3 Å². The third-order valence-electron chi connectivity index (χ3n) is 5.47. The number of benzene rings is 3. The fourth-order valence-electron chi connectivity index (χ4n) is 3.79. The second kappa shape index (κ2) is 9.77. The van der Waals surface area contributed by atoms with Crippen LogP contribution in [0.2, 0.25) is 5.02 Å². The average Bonchev–Trinajstić information content (AvgIpc) is 3.10. The largest absolute Gasteiger partial charge is 0.489 e. The zero-order valence-electron chi connectivity index (χ0n) is 18.3. The molecule has 0 aliphatic carbocycles. The summed E-state index contributed by atoms with van der Waals surface area (Å²) in [7, 11) is 0. The molecule has 0 aliphatic heterocycles. The van der Waals surface area contributed by atoms with Crippen molar-refractivity contribution in [1.82, 2.24) is 4.57 Å². The molecule has 1 aromatic heterocycles. The van der Waals surface area contributed by atoms with E-state index in [0.29, 0.717) is 22.8 Å². The lowest BCUT2D eigenvalue weighted by Crippen LogP contribution is -2.00. The first-order chi connectivity index (χ1) is 16.0. The normalized spacial score (nSPS) is 11.3. The molecule has 0 saturated heterocycles. The lowest BCUT2D eigenvalue weighted by molar-refractivity contribution is 0.306. The minimum Gasteiger partial charge on any atom is -0.489 e. The van der Waals surface area contributed by atoms with Crippen molar-refractivity contribution in [1.29, 1.82) is 5.26 Å². The predicted molar refractivity (Wildman–Crippen MR) is 131 cm³/mol. The Kier molecular flexibility index (Phi) is 6.63. The van der Waals surface area contributed by atoms with E-state index in [1.54, 1.807) is 18.2 Å². The highest BCUT2D eigenvalue weighted by Crippen LogP contribution is 2.27. The molecule has 0 bridgehead atoms. The molecule has 164 valence electrons. The number of ether oxygens (including phenoxy) is 1. The van der Waals surface area contributed by atoms with Gasteiger partial charge < -0.3 is 9.30 Å². The van der Waals surface area contributed by atoms with Gasteiger partial charge >= 0.3 is 0 Å². The van der Waals surface area contributed by atoms with Gasteiger partial charge in [-0.05, 0) is 79.6 Å². The zero-order valence-corrected chi connectivity index (χ0v) is 19.1. The van der Waals surface area contributed by atoms with Gasteiger partial charge in [0.25, 0.3) is 0 Å². The van der Waals surface area contributed by atoms with Crippen molar-refractivity contribution in [3.8, 4) is 17.5 Å². The Morgan fingerprint density at radius 2 is 1.79 bits per heavy atom. The molecule has 5 heteroatoms. The topological polar surface area (TPSA) is 38.0 Å². The van der Waals surface area contributed by atoms with Gasteiger partial charge in [-0.15, -0.1) is 0 Å². The molecule has 0 spiro atoms. The quantitative estimate of drug-likeness (QED) is 0.281. The van der Waals surface area contributed by atoms with Crippen LogP contribution in [0.15, 0.2) is 78.9 Å². The second-order valence-electron chi connectivity index (χ2n) is 7.72. The van der Waals surface area contributed by atoms with Gasteiger partial charge in [0.15, 0.2) is 0 Å². The molecule has 0 radical (unpaired) electrons. The maximum Gasteiger partial charge on any atom is 0.123 e. The molecule has 0 N–H and O–H groups in total. The molecule has 4 rings (SSSR count). The van der Waals surface area contributed by atoms with E-state index >= 15 is 0 Å². The fraction of sp³-hybridized carbons (Fsp3) is 0.107. The van der Waals surface area contributed by atoms with Gasteiger partial charge in [-0.2, -0.15) is 5.26 Å². The van der Waals surface area contributed by atoms with E-state index in [4.69, 9.17) is 16.3 Å². The first-order valence-corrected chi connectivity index (χ1v) is 10.9. The van der Waals surface area contributed by atoms with Crippen LogP contribution in [0.1, 0.15) is 28.1 Å². The van der Waals surface area contributed by atoms with E-state index in [9.17, 15) is 9.65 Å². The number of nitriles is 1. The predicted octanol–water partition coefficient (Wildman–Crippen LogP) is 7.53. The van der Waals surface area contributed by atoms with Crippen LogP contribution in [0.3, 0.4) is 0 Å². The Labute approximate surface area is 197 Å². The highest BCUT2D eigenvalue weighted by molar-refractivity contribution is 6.31. The molecule has 3 nitrogen and oxygen atoms in total. The lowest BCUT2D eigenvalue weighted by Gasteiger charge is -2.12. The highest BCUT2D eigenvalue weighted by Gasteiger charge is 2.12. The van der Waals surface area contributed by atoms with Crippen LogP contribution in [-0.4, -0.2) is 4.57 Å². The van der Waals surface area contributed by atoms with Gasteiger partial charge in [0.1, 0.15) is 18.2 Å². The van der Waals surface area contributed by atoms with E-state index < -0.39 is 0 Å². The summed E-state index contributed by atoms with van der Waals surface area (Å²) in [5.74, 6) is 0.384. The zero-order chi connectivity index (χ0) is 23.4. The molecular weight excluding hydrogens is 435 g/mol. The lowest BCUT2D eigenvalue weighted by atomic mass is 10.0. The van der Waals surface area contributed by atoms with Crippen molar-refractivity contribution in [3.63, 3.8) is 0 Å². The molecule has 3 aromatic carbocycles. The molecule has 0 amide bonds. The Hall–Kier alpha value is -3.81. The van der Waals surface area contributed by atoms with Crippen LogP contribution in [-0.2, 0) is 6.61 Å². The molecule has 1 heterocycles. The number of halogens is 2.